The number of nitrogens with one attached hydrogen (secondary N) is 1. The number of furan rings is 1. The Balaban J connectivity index is 1.70. The second kappa shape index (κ2) is 7.04. The Morgan fingerprint density at radius 3 is 3.04 bits per heavy atom. The first-order chi connectivity index (χ1) is 11.5. The van der Waals surface area contributed by atoms with Crippen LogP contribution in [0.5, 0.6) is 0 Å². The summed E-state index contributed by atoms with van der Waals surface area (Å²) in [6.07, 6.45) is 4.88. The third-order valence-electron chi connectivity index (χ3n) is 3.85. The Kier molecular flexibility index (Phi) is 5.02. The van der Waals surface area contributed by atoms with Gasteiger partial charge in [-0.3, -0.25) is 10.1 Å². The SMILES string of the molecule is CCCCS(=O)(=O)N1CCc2nc(NC(=O)c3ccoc3)sc2C1. The molecule has 7 nitrogen and oxygen atoms in total. The summed E-state index contributed by atoms with van der Waals surface area (Å²) in [5.74, 6) is -0.107. The molecule has 0 atom stereocenters. The fourth-order valence-electron chi connectivity index (χ4n) is 2.48. The molecule has 0 unspecified atom stereocenters. The lowest BCUT2D eigenvalue weighted by Crippen LogP contribution is -2.37. The minimum atomic E-state index is -3.22. The summed E-state index contributed by atoms with van der Waals surface area (Å²) in [4.78, 5) is 17.3. The molecule has 3 heterocycles. The van der Waals surface area contributed by atoms with E-state index in [2.05, 4.69) is 10.3 Å². The van der Waals surface area contributed by atoms with Crippen LogP contribution in [0.4, 0.5) is 5.13 Å². The van der Waals surface area contributed by atoms with Crippen molar-refractivity contribution < 1.29 is 17.6 Å². The molecule has 0 saturated heterocycles. The number of hydrogen-bond acceptors (Lipinski definition) is 6. The predicted octanol–water partition coefficient (Wildman–Crippen LogP) is 2.48. The van der Waals surface area contributed by atoms with Crippen molar-refractivity contribution in [2.24, 2.45) is 0 Å². The number of hydrogen-bond donors (Lipinski definition) is 1. The molecule has 3 rings (SSSR count). The molecule has 1 aliphatic heterocycles. The fourth-order valence-corrected chi connectivity index (χ4v) is 5.19. The number of unbranched alkanes of at least 4 members (excludes halogenated alkanes) is 1. The van der Waals surface area contributed by atoms with Crippen molar-refractivity contribution >= 4 is 32.4 Å². The van der Waals surface area contributed by atoms with Gasteiger partial charge in [-0.25, -0.2) is 13.4 Å². The van der Waals surface area contributed by atoms with Gasteiger partial charge in [0.05, 0.1) is 23.3 Å². The molecule has 1 amide bonds. The normalized spacial score (nSPS) is 15.2. The summed E-state index contributed by atoms with van der Waals surface area (Å²) in [6, 6.07) is 1.57. The zero-order valence-corrected chi connectivity index (χ0v) is 15.0. The van der Waals surface area contributed by atoms with E-state index in [1.807, 2.05) is 6.92 Å². The van der Waals surface area contributed by atoms with Gasteiger partial charge in [0.2, 0.25) is 10.0 Å². The highest BCUT2D eigenvalue weighted by molar-refractivity contribution is 7.89. The lowest BCUT2D eigenvalue weighted by molar-refractivity contribution is 0.102. The molecule has 0 spiro atoms. The Hall–Kier alpha value is -1.71. The predicted molar refractivity (Wildman–Crippen MR) is 91.6 cm³/mol. The standard InChI is InChI=1S/C15H19N3O4S2/c1-2-3-8-24(20,21)18-6-4-12-13(9-18)23-15(16-12)17-14(19)11-5-7-22-10-11/h5,7,10H,2-4,6,8-9H2,1H3,(H,16,17,19). The molecule has 130 valence electrons. The Bertz CT molecular complexity index is 812. The molecule has 0 fully saturated rings. The van der Waals surface area contributed by atoms with Crippen LogP contribution < -0.4 is 5.32 Å². The molecule has 2 aromatic heterocycles. The van der Waals surface area contributed by atoms with Crippen molar-refractivity contribution in [3.63, 3.8) is 0 Å². The van der Waals surface area contributed by atoms with E-state index in [0.717, 1.165) is 17.0 Å². The van der Waals surface area contributed by atoms with Crippen LogP contribution in [0.3, 0.4) is 0 Å². The largest absolute Gasteiger partial charge is 0.472 e. The number of amides is 1. The zero-order valence-electron chi connectivity index (χ0n) is 13.3. The van der Waals surface area contributed by atoms with Crippen LogP contribution in [0.15, 0.2) is 23.0 Å². The minimum absolute atomic E-state index is 0.182. The summed E-state index contributed by atoms with van der Waals surface area (Å²) in [5, 5.41) is 3.22. The van der Waals surface area contributed by atoms with Gasteiger partial charge in [-0.15, -0.1) is 11.3 Å². The molecule has 0 aromatic carbocycles. The summed E-state index contributed by atoms with van der Waals surface area (Å²) in [6.45, 7) is 2.75. The van der Waals surface area contributed by atoms with Gasteiger partial charge in [0, 0.05) is 24.4 Å². The quantitative estimate of drug-likeness (QED) is 0.844. The van der Waals surface area contributed by atoms with Gasteiger partial charge >= 0.3 is 0 Å². The average Bonchev–Trinajstić information content (AvgIpc) is 3.21. The molecule has 0 bridgehead atoms. The highest BCUT2D eigenvalue weighted by atomic mass is 32.2. The molecule has 9 heteroatoms. The van der Waals surface area contributed by atoms with Gasteiger partial charge in [0.15, 0.2) is 5.13 Å². The second-order valence-electron chi connectivity index (χ2n) is 5.61. The topological polar surface area (TPSA) is 92.5 Å². The number of rotatable bonds is 6. The first-order valence-corrected chi connectivity index (χ1v) is 10.2. The lowest BCUT2D eigenvalue weighted by Gasteiger charge is -2.25. The van der Waals surface area contributed by atoms with Gasteiger partial charge in [-0.05, 0) is 12.5 Å². The number of carbonyl (C=O) groups is 1. The molecule has 24 heavy (non-hydrogen) atoms. The van der Waals surface area contributed by atoms with Crippen molar-refractivity contribution in [3.8, 4) is 0 Å². The van der Waals surface area contributed by atoms with E-state index >= 15 is 0 Å². The molecule has 1 N–H and O–H groups in total. The Morgan fingerprint density at radius 2 is 2.33 bits per heavy atom. The van der Waals surface area contributed by atoms with Crippen LogP contribution in [0.25, 0.3) is 0 Å². The maximum absolute atomic E-state index is 12.3. The maximum atomic E-state index is 12.3. The molecule has 2 aromatic rings. The summed E-state index contributed by atoms with van der Waals surface area (Å²) in [7, 11) is -3.22. The molecule has 0 aliphatic carbocycles. The van der Waals surface area contributed by atoms with E-state index < -0.39 is 10.0 Å². The number of nitrogens with zero attached hydrogens (tertiary/aromatic N) is 2. The lowest BCUT2D eigenvalue weighted by atomic mass is 10.2. The van der Waals surface area contributed by atoms with Crippen molar-refractivity contribution in [1.82, 2.24) is 9.29 Å². The van der Waals surface area contributed by atoms with Crippen molar-refractivity contribution in [2.45, 2.75) is 32.7 Å². The van der Waals surface area contributed by atoms with Crippen LogP contribution in [-0.2, 0) is 23.0 Å². The van der Waals surface area contributed by atoms with E-state index in [4.69, 9.17) is 4.42 Å². The van der Waals surface area contributed by atoms with E-state index in [1.165, 1.54) is 28.2 Å². The Labute approximate surface area is 144 Å². The van der Waals surface area contributed by atoms with Crippen LogP contribution in [0, 0.1) is 0 Å². The van der Waals surface area contributed by atoms with Crippen LogP contribution in [0.1, 0.15) is 40.7 Å². The number of aromatic nitrogens is 1. The van der Waals surface area contributed by atoms with Crippen molar-refractivity contribution in [3.05, 3.63) is 34.7 Å². The fraction of sp³-hybridized carbons (Fsp3) is 0.467. The van der Waals surface area contributed by atoms with Gasteiger partial charge in [0.1, 0.15) is 6.26 Å². The summed E-state index contributed by atoms with van der Waals surface area (Å²) in [5.41, 5.74) is 1.29. The highest BCUT2D eigenvalue weighted by Gasteiger charge is 2.28. The smallest absolute Gasteiger partial charge is 0.260 e. The number of anilines is 1. The van der Waals surface area contributed by atoms with Gasteiger partial charge in [-0.2, -0.15) is 4.31 Å². The maximum Gasteiger partial charge on any atom is 0.260 e. The number of thiazole rings is 1. The van der Waals surface area contributed by atoms with Gasteiger partial charge < -0.3 is 4.42 Å². The number of carbonyl (C=O) groups excluding carboxylic acids is 1. The van der Waals surface area contributed by atoms with Crippen LogP contribution >= 0.6 is 11.3 Å². The van der Waals surface area contributed by atoms with E-state index in [-0.39, 0.29) is 11.7 Å². The molecule has 0 radical (unpaired) electrons. The van der Waals surface area contributed by atoms with Gasteiger partial charge in [-0.1, -0.05) is 13.3 Å². The average molecular weight is 369 g/mol. The molecular weight excluding hydrogens is 350 g/mol. The minimum Gasteiger partial charge on any atom is -0.472 e. The third kappa shape index (κ3) is 3.68. The number of fused-ring (bicyclic) bond motifs is 1. The monoisotopic (exact) mass is 369 g/mol. The first-order valence-electron chi connectivity index (χ1n) is 7.79. The van der Waals surface area contributed by atoms with Crippen molar-refractivity contribution in [1.29, 1.82) is 0 Å². The zero-order chi connectivity index (χ0) is 17.2. The summed E-state index contributed by atoms with van der Waals surface area (Å²) >= 11 is 1.32. The first kappa shape index (κ1) is 17.1. The molecule has 1 aliphatic rings. The van der Waals surface area contributed by atoms with E-state index in [9.17, 15) is 13.2 Å². The van der Waals surface area contributed by atoms with Crippen LogP contribution in [-0.4, -0.2) is 35.9 Å². The van der Waals surface area contributed by atoms with Crippen LogP contribution in [0.2, 0.25) is 0 Å². The number of sulfonamides is 1. The summed E-state index contributed by atoms with van der Waals surface area (Å²) < 4.78 is 31.1. The van der Waals surface area contributed by atoms with Crippen molar-refractivity contribution in [2.75, 3.05) is 17.6 Å². The van der Waals surface area contributed by atoms with E-state index in [1.54, 1.807) is 6.07 Å². The highest BCUT2D eigenvalue weighted by Crippen LogP contribution is 2.30. The Morgan fingerprint density at radius 1 is 1.50 bits per heavy atom. The molecule has 0 saturated carbocycles. The second-order valence-corrected chi connectivity index (χ2v) is 8.78. The van der Waals surface area contributed by atoms with E-state index in [0.29, 0.717) is 36.6 Å². The molecular formula is C15H19N3O4S2. The third-order valence-corrected chi connectivity index (χ3v) is 6.75. The van der Waals surface area contributed by atoms with Gasteiger partial charge in [0.25, 0.3) is 5.91 Å².